The number of rotatable bonds is 7. The minimum absolute atomic E-state index is 0.0673. The van der Waals surface area contributed by atoms with Gasteiger partial charge in [0.15, 0.2) is 0 Å². The van der Waals surface area contributed by atoms with E-state index in [1.165, 1.54) is 0 Å². The standard InChI is InChI=1S/C13H27N3O3/c1-9(2)10(7-11(17)18)15-12(19)14-8-13(3,4)16(5)6/h9-10H,7-8H2,1-6H3,(H,17,18)(H2,14,15,19). The number of aliphatic carboxylic acids is 1. The van der Waals surface area contributed by atoms with Gasteiger partial charge in [-0.05, 0) is 33.9 Å². The molecule has 0 aliphatic rings. The first-order valence-electron chi connectivity index (χ1n) is 6.50. The van der Waals surface area contributed by atoms with Gasteiger partial charge >= 0.3 is 12.0 Å². The zero-order valence-corrected chi connectivity index (χ0v) is 12.8. The fraction of sp³-hybridized carbons (Fsp3) is 0.846. The first kappa shape index (κ1) is 17.7. The van der Waals surface area contributed by atoms with Crippen LogP contribution < -0.4 is 10.6 Å². The number of urea groups is 1. The summed E-state index contributed by atoms with van der Waals surface area (Å²) in [5.74, 6) is -0.837. The number of carbonyl (C=O) groups is 2. The molecule has 112 valence electrons. The van der Waals surface area contributed by atoms with Crippen LogP contribution in [0.2, 0.25) is 0 Å². The van der Waals surface area contributed by atoms with E-state index in [-0.39, 0.29) is 30.0 Å². The molecule has 0 aromatic rings. The quantitative estimate of drug-likeness (QED) is 0.649. The van der Waals surface area contributed by atoms with E-state index in [9.17, 15) is 9.59 Å². The van der Waals surface area contributed by atoms with Crippen molar-refractivity contribution in [3.63, 3.8) is 0 Å². The molecule has 19 heavy (non-hydrogen) atoms. The Morgan fingerprint density at radius 2 is 1.79 bits per heavy atom. The van der Waals surface area contributed by atoms with Gasteiger partial charge in [-0.3, -0.25) is 4.79 Å². The molecule has 3 N–H and O–H groups in total. The van der Waals surface area contributed by atoms with Crippen LogP contribution in [0.25, 0.3) is 0 Å². The fourth-order valence-electron chi connectivity index (χ4n) is 1.32. The van der Waals surface area contributed by atoms with E-state index in [0.717, 1.165) is 0 Å². The first-order valence-corrected chi connectivity index (χ1v) is 6.50. The Labute approximate surface area is 115 Å². The summed E-state index contributed by atoms with van der Waals surface area (Å²) in [6.45, 7) is 8.30. The second-order valence-corrected chi connectivity index (χ2v) is 5.98. The van der Waals surface area contributed by atoms with Gasteiger partial charge in [0, 0.05) is 18.1 Å². The molecule has 1 atom stereocenters. The third-order valence-corrected chi connectivity index (χ3v) is 3.41. The maximum atomic E-state index is 11.8. The number of carbonyl (C=O) groups excluding carboxylic acids is 1. The molecular weight excluding hydrogens is 246 g/mol. The molecular formula is C13H27N3O3. The van der Waals surface area contributed by atoms with Gasteiger partial charge in [-0.25, -0.2) is 4.79 Å². The van der Waals surface area contributed by atoms with Crippen LogP contribution in [0.3, 0.4) is 0 Å². The van der Waals surface area contributed by atoms with Crippen LogP contribution in [0.1, 0.15) is 34.1 Å². The Bertz CT molecular complexity index is 314. The highest BCUT2D eigenvalue weighted by Gasteiger charge is 2.23. The summed E-state index contributed by atoms with van der Waals surface area (Å²) < 4.78 is 0. The molecule has 0 heterocycles. The lowest BCUT2D eigenvalue weighted by Crippen LogP contribution is -2.52. The Kier molecular flexibility index (Phi) is 6.83. The second-order valence-electron chi connectivity index (χ2n) is 5.98. The average molecular weight is 273 g/mol. The number of carboxylic acid groups (broad SMARTS) is 1. The fourth-order valence-corrected chi connectivity index (χ4v) is 1.32. The van der Waals surface area contributed by atoms with Crippen molar-refractivity contribution in [3.05, 3.63) is 0 Å². The molecule has 0 spiro atoms. The number of hydrogen-bond acceptors (Lipinski definition) is 3. The second kappa shape index (κ2) is 7.33. The van der Waals surface area contributed by atoms with E-state index in [0.29, 0.717) is 6.54 Å². The van der Waals surface area contributed by atoms with Gasteiger partial charge in [-0.1, -0.05) is 13.8 Å². The number of likely N-dealkylation sites (N-methyl/N-ethyl adjacent to an activating group) is 1. The van der Waals surface area contributed by atoms with E-state index in [1.54, 1.807) is 0 Å². The maximum absolute atomic E-state index is 11.8. The topological polar surface area (TPSA) is 81.7 Å². The molecule has 6 nitrogen and oxygen atoms in total. The summed E-state index contributed by atoms with van der Waals surface area (Å²) in [7, 11) is 3.89. The summed E-state index contributed by atoms with van der Waals surface area (Å²) in [6.07, 6.45) is -0.0673. The zero-order valence-electron chi connectivity index (χ0n) is 12.8. The normalized spacial score (nSPS) is 13.5. The lowest BCUT2D eigenvalue weighted by atomic mass is 10.0. The van der Waals surface area contributed by atoms with Crippen molar-refractivity contribution in [3.8, 4) is 0 Å². The molecule has 0 aliphatic heterocycles. The lowest BCUT2D eigenvalue weighted by molar-refractivity contribution is -0.137. The zero-order chi connectivity index (χ0) is 15.2. The molecule has 1 unspecified atom stereocenters. The minimum Gasteiger partial charge on any atom is -0.481 e. The van der Waals surface area contributed by atoms with E-state index in [2.05, 4.69) is 10.6 Å². The molecule has 0 saturated carbocycles. The number of hydrogen-bond donors (Lipinski definition) is 3. The molecule has 0 aromatic carbocycles. The first-order chi connectivity index (χ1) is 8.56. The van der Waals surface area contributed by atoms with Crippen molar-refractivity contribution in [2.75, 3.05) is 20.6 Å². The molecule has 0 rings (SSSR count). The van der Waals surface area contributed by atoms with Gasteiger partial charge in [-0.2, -0.15) is 0 Å². The maximum Gasteiger partial charge on any atom is 0.315 e. The van der Waals surface area contributed by atoms with Crippen LogP contribution in [0.5, 0.6) is 0 Å². The monoisotopic (exact) mass is 273 g/mol. The molecule has 0 radical (unpaired) electrons. The Balaban J connectivity index is 4.32. The number of nitrogens with one attached hydrogen (secondary N) is 2. The smallest absolute Gasteiger partial charge is 0.315 e. The van der Waals surface area contributed by atoms with Gasteiger partial charge in [0.1, 0.15) is 0 Å². The van der Waals surface area contributed by atoms with Crippen molar-refractivity contribution in [2.24, 2.45) is 5.92 Å². The molecule has 0 fully saturated rings. The summed E-state index contributed by atoms with van der Waals surface area (Å²) in [5, 5.41) is 14.3. The van der Waals surface area contributed by atoms with Crippen LogP contribution in [0.15, 0.2) is 0 Å². The summed E-state index contributed by atoms with van der Waals surface area (Å²) >= 11 is 0. The number of nitrogens with zero attached hydrogens (tertiary/aromatic N) is 1. The molecule has 6 heteroatoms. The van der Waals surface area contributed by atoms with Crippen molar-refractivity contribution in [1.29, 1.82) is 0 Å². The van der Waals surface area contributed by atoms with E-state index < -0.39 is 5.97 Å². The molecule has 2 amide bonds. The van der Waals surface area contributed by atoms with Crippen LogP contribution in [0.4, 0.5) is 4.79 Å². The van der Waals surface area contributed by atoms with Gasteiger partial charge in [-0.15, -0.1) is 0 Å². The van der Waals surface area contributed by atoms with Crippen molar-refractivity contribution in [1.82, 2.24) is 15.5 Å². The van der Waals surface area contributed by atoms with Crippen molar-refractivity contribution in [2.45, 2.75) is 45.7 Å². The Morgan fingerprint density at radius 3 is 2.16 bits per heavy atom. The van der Waals surface area contributed by atoms with Crippen LogP contribution in [-0.2, 0) is 4.79 Å². The highest BCUT2D eigenvalue weighted by Crippen LogP contribution is 2.08. The minimum atomic E-state index is -0.910. The predicted molar refractivity (Wildman–Crippen MR) is 75.2 cm³/mol. The lowest BCUT2D eigenvalue weighted by Gasteiger charge is -2.33. The third-order valence-electron chi connectivity index (χ3n) is 3.41. The predicted octanol–water partition coefficient (Wildman–Crippen LogP) is 1.13. The molecule has 0 aliphatic carbocycles. The number of amides is 2. The Morgan fingerprint density at radius 1 is 1.26 bits per heavy atom. The highest BCUT2D eigenvalue weighted by atomic mass is 16.4. The highest BCUT2D eigenvalue weighted by molar-refractivity contribution is 5.75. The van der Waals surface area contributed by atoms with Gasteiger partial charge in [0.25, 0.3) is 0 Å². The van der Waals surface area contributed by atoms with Crippen molar-refractivity contribution < 1.29 is 14.7 Å². The van der Waals surface area contributed by atoms with Gasteiger partial charge in [0.05, 0.1) is 6.42 Å². The Hall–Kier alpha value is -1.30. The third kappa shape index (κ3) is 7.00. The molecule has 0 saturated heterocycles. The van der Waals surface area contributed by atoms with E-state index >= 15 is 0 Å². The van der Waals surface area contributed by atoms with Crippen molar-refractivity contribution >= 4 is 12.0 Å². The molecule has 0 aromatic heterocycles. The summed E-state index contributed by atoms with van der Waals surface area (Å²) in [4.78, 5) is 24.5. The largest absolute Gasteiger partial charge is 0.481 e. The van der Waals surface area contributed by atoms with Gasteiger partial charge in [0.2, 0.25) is 0 Å². The SMILES string of the molecule is CC(C)C(CC(=O)O)NC(=O)NCC(C)(C)N(C)C. The molecule has 0 bridgehead atoms. The summed E-state index contributed by atoms with van der Waals surface area (Å²) in [6, 6.07) is -0.685. The van der Waals surface area contributed by atoms with E-state index in [1.807, 2.05) is 46.7 Å². The van der Waals surface area contributed by atoms with Gasteiger partial charge < -0.3 is 20.6 Å². The number of carboxylic acids is 1. The average Bonchev–Trinajstić information content (AvgIpc) is 2.24. The van der Waals surface area contributed by atoms with Crippen LogP contribution in [0, 0.1) is 5.92 Å². The van der Waals surface area contributed by atoms with Crippen LogP contribution in [-0.4, -0.2) is 54.2 Å². The van der Waals surface area contributed by atoms with E-state index in [4.69, 9.17) is 5.11 Å². The summed E-state index contributed by atoms with van der Waals surface area (Å²) in [5.41, 5.74) is -0.155. The van der Waals surface area contributed by atoms with Crippen LogP contribution >= 0.6 is 0 Å².